The first kappa shape index (κ1) is 26.1. The van der Waals surface area contributed by atoms with Crippen molar-refractivity contribution in [2.75, 3.05) is 42.4 Å². The number of hydrogen-bond acceptors (Lipinski definition) is 5. The summed E-state index contributed by atoms with van der Waals surface area (Å²) in [5.41, 5.74) is 4.07. The Morgan fingerprint density at radius 1 is 0.972 bits per heavy atom. The van der Waals surface area contributed by atoms with E-state index in [1.54, 1.807) is 29.2 Å². The first-order valence-electron chi connectivity index (χ1n) is 11.4. The van der Waals surface area contributed by atoms with Crippen molar-refractivity contribution in [3.05, 3.63) is 81.8 Å². The van der Waals surface area contributed by atoms with E-state index in [0.29, 0.717) is 23.8 Å². The summed E-state index contributed by atoms with van der Waals surface area (Å²) in [7, 11) is -3.86. The van der Waals surface area contributed by atoms with Crippen molar-refractivity contribution in [1.82, 2.24) is 4.90 Å². The molecule has 0 unspecified atom stereocenters. The highest BCUT2D eigenvalue weighted by Gasteiger charge is 2.23. The van der Waals surface area contributed by atoms with Gasteiger partial charge in [0.05, 0.1) is 9.92 Å². The average molecular weight is 548 g/mol. The Bertz CT molecular complexity index is 1360. The molecule has 0 radical (unpaired) electrons. The van der Waals surface area contributed by atoms with Crippen LogP contribution in [0.15, 0.2) is 65.6 Å². The lowest BCUT2D eigenvalue weighted by Gasteiger charge is -2.37. The van der Waals surface area contributed by atoms with E-state index in [1.807, 2.05) is 0 Å². The van der Waals surface area contributed by atoms with Crippen LogP contribution in [0.25, 0.3) is 0 Å². The standard InChI is InChI=1S/C26H27Cl2N3O4S/c1-18-4-3-5-24(19(18)2)30-12-14-31(15-13-30)26(32)17-35-25-11-10-22(16-23(25)28)36(33,34)29-21-8-6-20(27)7-9-21/h3-11,16,29H,12-15,17H2,1-2H3. The summed E-state index contributed by atoms with van der Waals surface area (Å²) in [6.07, 6.45) is 0. The quantitative estimate of drug-likeness (QED) is 0.443. The molecular weight excluding hydrogens is 521 g/mol. The summed E-state index contributed by atoms with van der Waals surface area (Å²) >= 11 is 12.1. The van der Waals surface area contributed by atoms with E-state index >= 15 is 0 Å². The Morgan fingerprint density at radius 3 is 2.33 bits per heavy atom. The molecule has 1 amide bonds. The Labute approximate surface area is 221 Å². The molecule has 36 heavy (non-hydrogen) atoms. The van der Waals surface area contributed by atoms with Crippen molar-refractivity contribution in [2.45, 2.75) is 18.7 Å². The van der Waals surface area contributed by atoms with Crippen LogP contribution in [-0.4, -0.2) is 52.0 Å². The van der Waals surface area contributed by atoms with Gasteiger partial charge in [0.2, 0.25) is 0 Å². The molecule has 7 nitrogen and oxygen atoms in total. The van der Waals surface area contributed by atoms with Gasteiger partial charge in [0.15, 0.2) is 6.61 Å². The molecule has 190 valence electrons. The van der Waals surface area contributed by atoms with Gasteiger partial charge in [0.1, 0.15) is 5.75 Å². The highest BCUT2D eigenvalue weighted by atomic mass is 35.5. The molecule has 1 saturated heterocycles. The number of benzene rings is 3. The molecule has 10 heteroatoms. The number of hydrogen-bond donors (Lipinski definition) is 1. The van der Waals surface area contributed by atoms with Gasteiger partial charge in [-0.2, -0.15) is 0 Å². The fraction of sp³-hybridized carbons (Fsp3) is 0.269. The second-order valence-corrected chi connectivity index (χ2v) is 11.1. The minimum Gasteiger partial charge on any atom is -0.482 e. The summed E-state index contributed by atoms with van der Waals surface area (Å²) in [6, 6.07) is 16.7. The summed E-state index contributed by atoms with van der Waals surface area (Å²) in [6.45, 7) is 6.70. The Hall–Kier alpha value is -2.94. The number of halogens is 2. The molecule has 1 N–H and O–H groups in total. The third-order valence-electron chi connectivity index (χ3n) is 6.21. The number of carbonyl (C=O) groups is 1. The number of nitrogens with zero attached hydrogens (tertiary/aromatic N) is 2. The van der Waals surface area contributed by atoms with E-state index in [-0.39, 0.29) is 28.2 Å². The lowest BCUT2D eigenvalue weighted by Crippen LogP contribution is -2.50. The van der Waals surface area contributed by atoms with Crippen LogP contribution in [0, 0.1) is 13.8 Å². The number of aryl methyl sites for hydroxylation is 1. The van der Waals surface area contributed by atoms with E-state index < -0.39 is 10.0 Å². The molecule has 0 saturated carbocycles. The Morgan fingerprint density at radius 2 is 1.67 bits per heavy atom. The lowest BCUT2D eigenvalue weighted by atomic mass is 10.1. The molecule has 1 fully saturated rings. The summed E-state index contributed by atoms with van der Waals surface area (Å²) in [4.78, 5) is 16.8. The summed E-state index contributed by atoms with van der Waals surface area (Å²) in [5.74, 6) is 0.0947. The maximum Gasteiger partial charge on any atom is 0.261 e. The molecule has 1 aliphatic heterocycles. The molecule has 4 rings (SSSR count). The van der Waals surface area contributed by atoms with Crippen LogP contribution in [-0.2, 0) is 14.8 Å². The van der Waals surface area contributed by atoms with Gasteiger partial charge in [-0.1, -0.05) is 35.3 Å². The number of ether oxygens (including phenoxy) is 1. The van der Waals surface area contributed by atoms with E-state index in [9.17, 15) is 13.2 Å². The second kappa shape index (κ2) is 11.0. The van der Waals surface area contributed by atoms with Crippen molar-refractivity contribution in [2.24, 2.45) is 0 Å². The fourth-order valence-electron chi connectivity index (χ4n) is 4.00. The van der Waals surface area contributed by atoms with Crippen LogP contribution >= 0.6 is 23.2 Å². The van der Waals surface area contributed by atoms with E-state index in [0.717, 1.165) is 13.1 Å². The van der Waals surface area contributed by atoms with Crippen LogP contribution in [0.1, 0.15) is 11.1 Å². The zero-order valence-electron chi connectivity index (χ0n) is 20.0. The van der Waals surface area contributed by atoms with Crippen molar-refractivity contribution >= 4 is 50.5 Å². The minimum absolute atomic E-state index is 0.0244. The van der Waals surface area contributed by atoms with Crippen LogP contribution < -0.4 is 14.4 Å². The van der Waals surface area contributed by atoms with Crippen LogP contribution in [0.2, 0.25) is 10.0 Å². The number of nitrogens with one attached hydrogen (secondary N) is 1. The van der Waals surface area contributed by atoms with E-state index in [2.05, 4.69) is 41.7 Å². The van der Waals surface area contributed by atoms with Crippen LogP contribution in [0.4, 0.5) is 11.4 Å². The molecule has 0 aliphatic carbocycles. The Kier molecular flexibility index (Phi) is 7.97. The third kappa shape index (κ3) is 6.06. The van der Waals surface area contributed by atoms with Gasteiger partial charge < -0.3 is 14.5 Å². The highest BCUT2D eigenvalue weighted by molar-refractivity contribution is 7.92. The van der Waals surface area contributed by atoms with Crippen LogP contribution in [0.3, 0.4) is 0 Å². The normalized spacial score (nSPS) is 14.0. The topological polar surface area (TPSA) is 79.0 Å². The fourth-order valence-corrected chi connectivity index (χ4v) is 5.51. The number of sulfonamides is 1. The van der Waals surface area contributed by atoms with Crippen molar-refractivity contribution in [1.29, 1.82) is 0 Å². The van der Waals surface area contributed by atoms with E-state index in [1.165, 1.54) is 35.0 Å². The first-order chi connectivity index (χ1) is 17.1. The average Bonchev–Trinajstić information content (AvgIpc) is 2.86. The first-order valence-corrected chi connectivity index (χ1v) is 13.7. The van der Waals surface area contributed by atoms with Gasteiger partial charge in [-0.25, -0.2) is 8.42 Å². The molecule has 0 atom stereocenters. The zero-order valence-corrected chi connectivity index (χ0v) is 22.3. The van der Waals surface area contributed by atoms with Crippen molar-refractivity contribution in [3.8, 4) is 5.75 Å². The predicted octanol–water partition coefficient (Wildman–Crippen LogP) is 5.14. The van der Waals surface area contributed by atoms with Gasteiger partial charge in [-0.05, 0) is 73.5 Å². The van der Waals surface area contributed by atoms with Gasteiger partial charge in [0.25, 0.3) is 15.9 Å². The molecule has 0 bridgehead atoms. The second-order valence-electron chi connectivity index (χ2n) is 8.58. The molecule has 1 aliphatic rings. The lowest BCUT2D eigenvalue weighted by molar-refractivity contribution is -0.133. The zero-order chi connectivity index (χ0) is 25.9. The third-order valence-corrected chi connectivity index (χ3v) is 8.14. The number of piperazine rings is 1. The van der Waals surface area contributed by atoms with Crippen molar-refractivity contribution in [3.63, 3.8) is 0 Å². The van der Waals surface area contributed by atoms with Gasteiger partial charge >= 0.3 is 0 Å². The minimum atomic E-state index is -3.86. The van der Waals surface area contributed by atoms with Crippen LogP contribution in [0.5, 0.6) is 5.75 Å². The maximum atomic E-state index is 12.7. The molecule has 0 aromatic heterocycles. The maximum absolute atomic E-state index is 12.7. The predicted molar refractivity (Wildman–Crippen MR) is 144 cm³/mol. The monoisotopic (exact) mass is 547 g/mol. The number of carbonyl (C=O) groups excluding carboxylic acids is 1. The highest BCUT2D eigenvalue weighted by Crippen LogP contribution is 2.29. The van der Waals surface area contributed by atoms with Crippen molar-refractivity contribution < 1.29 is 17.9 Å². The van der Waals surface area contributed by atoms with E-state index in [4.69, 9.17) is 27.9 Å². The van der Waals surface area contributed by atoms with Gasteiger partial charge in [0, 0.05) is 42.6 Å². The number of anilines is 2. The molecule has 0 spiro atoms. The SMILES string of the molecule is Cc1cccc(N2CCN(C(=O)COc3ccc(S(=O)(=O)Nc4ccc(Cl)cc4)cc3Cl)CC2)c1C. The van der Waals surface area contributed by atoms with Gasteiger partial charge in [-0.3, -0.25) is 9.52 Å². The molecule has 3 aromatic rings. The summed E-state index contributed by atoms with van der Waals surface area (Å²) in [5, 5.41) is 0.599. The number of rotatable bonds is 7. The number of amides is 1. The smallest absolute Gasteiger partial charge is 0.261 e. The molecule has 3 aromatic carbocycles. The molecule has 1 heterocycles. The summed E-state index contributed by atoms with van der Waals surface area (Å²) < 4.78 is 33.5. The Balaban J connectivity index is 1.33. The largest absolute Gasteiger partial charge is 0.482 e. The van der Waals surface area contributed by atoms with Gasteiger partial charge in [-0.15, -0.1) is 0 Å². The molecular formula is C26H27Cl2N3O4S.